The summed E-state index contributed by atoms with van der Waals surface area (Å²) in [6.07, 6.45) is 3.17. The zero-order valence-electron chi connectivity index (χ0n) is 9.64. The average molecular weight is 230 g/mol. The molecule has 1 heterocycles. The Morgan fingerprint density at radius 3 is 2.59 bits per heavy atom. The van der Waals surface area contributed by atoms with Crippen molar-refractivity contribution in [3.63, 3.8) is 0 Å². The summed E-state index contributed by atoms with van der Waals surface area (Å²) in [5.74, 6) is 2.51. The van der Waals surface area contributed by atoms with Crippen molar-refractivity contribution in [3.8, 4) is 23.0 Å². The predicted molar refractivity (Wildman–Crippen MR) is 62.7 cm³/mol. The molecule has 2 aromatic rings. The van der Waals surface area contributed by atoms with Crippen LogP contribution < -0.4 is 14.2 Å². The molecule has 0 spiro atoms. The Hall–Kier alpha value is -2.23. The van der Waals surface area contributed by atoms with Gasteiger partial charge in [0.15, 0.2) is 11.5 Å². The topological polar surface area (TPSA) is 40.6 Å². The SMILES string of the molecule is COc1ccc(OC)c(Oc2c[c]cnc2)c1. The van der Waals surface area contributed by atoms with Gasteiger partial charge in [-0.2, -0.15) is 0 Å². The van der Waals surface area contributed by atoms with E-state index in [1.54, 1.807) is 50.9 Å². The van der Waals surface area contributed by atoms with Gasteiger partial charge in [0.25, 0.3) is 0 Å². The van der Waals surface area contributed by atoms with Crippen LogP contribution in [0.4, 0.5) is 0 Å². The first kappa shape index (κ1) is 11.3. The fraction of sp³-hybridized carbons (Fsp3) is 0.154. The zero-order valence-corrected chi connectivity index (χ0v) is 9.64. The highest BCUT2D eigenvalue weighted by atomic mass is 16.5. The van der Waals surface area contributed by atoms with Gasteiger partial charge in [0.05, 0.1) is 20.4 Å². The molecule has 87 valence electrons. The lowest BCUT2D eigenvalue weighted by Crippen LogP contribution is -1.92. The van der Waals surface area contributed by atoms with Crippen LogP contribution in [-0.2, 0) is 0 Å². The maximum absolute atomic E-state index is 5.64. The average Bonchev–Trinajstić information content (AvgIpc) is 2.40. The molecule has 0 amide bonds. The maximum atomic E-state index is 5.64. The summed E-state index contributed by atoms with van der Waals surface area (Å²) in [5.41, 5.74) is 0. The van der Waals surface area contributed by atoms with Crippen LogP contribution in [0.3, 0.4) is 0 Å². The van der Waals surface area contributed by atoms with Crippen LogP contribution in [0.5, 0.6) is 23.0 Å². The second kappa shape index (κ2) is 5.21. The Bertz CT molecular complexity index is 485. The summed E-state index contributed by atoms with van der Waals surface area (Å²) >= 11 is 0. The van der Waals surface area contributed by atoms with Crippen molar-refractivity contribution < 1.29 is 14.2 Å². The van der Waals surface area contributed by atoms with Crippen LogP contribution in [0, 0.1) is 6.07 Å². The van der Waals surface area contributed by atoms with Crippen molar-refractivity contribution in [2.24, 2.45) is 0 Å². The molecule has 1 aromatic carbocycles. The lowest BCUT2D eigenvalue weighted by Gasteiger charge is -2.11. The van der Waals surface area contributed by atoms with Gasteiger partial charge in [0, 0.05) is 18.3 Å². The van der Waals surface area contributed by atoms with Crippen LogP contribution in [0.2, 0.25) is 0 Å². The maximum Gasteiger partial charge on any atom is 0.173 e. The van der Waals surface area contributed by atoms with Crippen molar-refractivity contribution in [3.05, 3.63) is 42.7 Å². The monoisotopic (exact) mass is 230 g/mol. The Kier molecular flexibility index (Phi) is 3.45. The molecule has 1 radical (unpaired) electrons. The van der Waals surface area contributed by atoms with E-state index in [1.807, 2.05) is 0 Å². The number of aromatic nitrogens is 1. The molecule has 0 aliphatic heterocycles. The molecule has 0 bridgehead atoms. The highest BCUT2D eigenvalue weighted by Crippen LogP contribution is 2.34. The largest absolute Gasteiger partial charge is 0.497 e. The van der Waals surface area contributed by atoms with Crippen LogP contribution in [0.15, 0.2) is 36.7 Å². The number of ether oxygens (including phenoxy) is 3. The van der Waals surface area contributed by atoms with Gasteiger partial charge in [0.1, 0.15) is 11.5 Å². The minimum atomic E-state index is 0.577. The molecule has 0 aliphatic carbocycles. The molecule has 17 heavy (non-hydrogen) atoms. The molecule has 0 aliphatic rings. The molecule has 0 atom stereocenters. The van der Waals surface area contributed by atoms with E-state index in [9.17, 15) is 0 Å². The van der Waals surface area contributed by atoms with Gasteiger partial charge in [-0.25, -0.2) is 0 Å². The number of nitrogens with zero attached hydrogens (tertiary/aromatic N) is 1. The van der Waals surface area contributed by atoms with Crippen LogP contribution in [-0.4, -0.2) is 19.2 Å². The first-order chi connectivity index (χ1) is 8.33. The summed E-state index contributed by atoms with van der Waals surface area (Å²) in [6, 6.07) is 9.89. The first-order valence-corrected chi connectivity index (χ1v) is 5.04. The van der Waals surface area contributed by atoms with E-state index in [1.165, 1.54) is 0 Å². The van der Waals surface area contributed by atoms with E-state index in [4.69, 9.17) is 14.2 Å². The zero-order chi connectivity index (χ0) is 12.1. The Morgan fingerprint density at radius 1 is 1.06 bits per heavy atom. The van der Waals surface area contributed by atoms with E-state index in [-0.39, 0.29) is 0 Å². The first-order valence-electron chi connectivity index (χ1n) is 5.04. The minimum absolute atomic E-state index is 0.577. The Balaban J connectivity index is 2.30. The molecule has 0 saturated heterocycles. The van der Waals surface area contributed by atoms with Gasteiger partial charge in [-0.3, -0.25) is 4.98 Å². The number of pyridine rings is 1. The van der Waals surface area contributed by atoms with Crippen LogP contribution in [0.1, 0.15) is 0 Å². The van der Waals surface area contributed by atoms with Gasteiger partial charge in [-0.1, -0.05) is 0 Å². The third-order valence-corrected chi connectivity index (χ3v) is 2.18. The summed E-state index contributed by atoms with van der Waals surface area (Å²) in [4.78, 5) is 3.93. The van der Waals surface area contributed by atoms with E-state index in [0.717, 1.165) is 0 Å². The van der Waals surface area contributed by atoms with E-state index in [0.29, 0.717) is 23.0 Å². The van der Waals surface area contributed by atoms with Crippen molar-refractivity contribution in [2.75, 3.05) is 14.2 Å². The number of hydrogen-bond donors (Lipinski definition) is 0. The summed E-state index contributed by atoms with van der Waals surface area (Å²) in [7, 11) is 3.19. The highest BCUT2D eigenvalue weighted by Gasteiger charge is 2.07. The quantitative estimate of drug-likeness (QED) is 0.809. The third-order valence-electron chi connectivity index (χ3n) is 2.18. The molecule has 0 N–H and O–H groups in total. The molecule has 2 rings (SSSR count). The molecule has 0 unspecified atom stereocenters. The molecule has 1 aromatic heterocycles. The van der Waals surface area contributed by atoms with E-state index < -0.39 is 0 Å². The van der Waals surface area contributed by atoms with E-state index in [2.05, 4.69) is 11.1 Å². The number of hydrogen-bond acceptors (Lipinski definition) is 4. The second-order valence-corrected chi connectivity index (χ2v) is 3.24. The molecular formula is C13H12NO3. The normalized spacial score (nSPS) is 9.76. The smallest absolute Gasteiger partial charge is 0.173 e. The van der Waals surface area contributed by atoms with Crippen LogP contribution >= 0.6 is 0 Å². The van der Waals surface area contributed by atoms with Gasteiger partial charge in [0.2, 0.25) is 0 Å². The summed E-state index contributed by atoms with van der Waals surface area (Å²) < 4.78 is 16.0. The Morgan fingerprint density at radius 2 is 1.94 bits per heavy atom. The van der Waals surface area contributed by atoms with E-state index >= 15 is 0 Å². The standard InChI is InChI=1S/C13H12NO3/c1-15-10-5-6-12(16-2)13(8-10)17-11-4-3-7-14-9-11/h4-9H,1-2H3. The second-order valence-electron chi connectivity index (χ2n) is 3.24. The van der Waals surface area contributed by atoms with Crippen molar-refractivity contribution in [1.82, 2.24) is 4.98 Å². The van der Waals surface area contributed by atoms with Gasteiger partial charge >= 0.3 is 0 Å². The van der Waals surface area contributed by atoms with Crippen molar-refractivity contribution >= 4 is 0 Å². The Labute approximate surface area is 99.8 Å². The lowest BCUT2D eigenvalue weighted by molar-refractivity contribution is 0.370. The van der Waals surface area contributed by atoms with Gasteiger partial charge < -0.3 is 14.2 Å². The molecular weight excluding hydrogens is 218 g/mol. The molecule has 0 saturated carbocycles. The van der Waals surface area contributed by atoms with Crippen LogP contribution in [0.25, 0.3) is 0 Å². The number of rotatable bonds is 4. The third kappa shape index (κ3) is 2.66. The summed E-state index contributed by atoms with van der Waals surface area (Å²) in [5, 5.41) is 0. The fourth-order valence-electron chi connectivity index (χ4n) is 1.36. The minimum Gasteiger partial charge on any atom is -0.497 e. The lowest BCUT2D eigenvalue weighted by atomic mass is 10.3. The predicted octanol–water partition coefficient (Wildman–Crippen LogP) is 2.69. The number of benzene rings is 1. The van der Waals surface area contributed by atoms with Crippen molar-refractivity contribution in [2.45, 2.75) is 0 Å². The molecule has 4 heteroatoms. The molecule has 4 nitrogen and oxygen atoms in total. The van der Waals surface area contributed by atoms with Gasteiger partial charge in [-0.05, 0) is 18.2 Å². The highest BCUT2D eigenvalue weighted by molar-refractivity contribution is 5.47. The fourth-order valence-corrected chi connectivity index (χ4v) is 1.36. The molecule has 0 fully saturated rings. The number of methoxy groups -OCH3 is 2. The van der Waals surface area contributed by atoms with Crippen molar-refractivity contribution in [1.29, 1.82) is 0 Å². The van der Waals surface area contributed by atoms with Gasteiger partial charge in [-0.15, -0.1) is 0 Å². The summed E-state index contributed by atoms with van der Waals surface area (Å²) in [6.45, 7) is 0.